The Morgan fingerprint density at radius 3 is 2.55 bits per heavy atom. The fraction of sp³-hybridized carbons (Fsp3) is 0.0800. The zero-order chi connectivity index (χ0) is 21.0. The molecule has 0 aliphatic heterocycles. The minimum Gasteiger partial charge on any atom is -0.487 e. The Kier molecular flexibility index (Phi) is 5.37. The molecular weight excluding hydrogens is 404 g/mol. The first kappa shape index (κ1) is 19.3. The molecule has 3 heterocycles. The highest BCUT2D eigenvalue weighted by Crippen LogP contribution is 2.31. The molecule has 0 radical (unpaired) electrons. The van der Waals surface area contributed by atoms with Gasteiger partial charge in [-0.2, -0.15) is 5.10 Å². The van der Waals surface area contributed by atoms with Crippen LogP contribution in [0.5, 0.6) is 5.75 Å². The van der Waals surface area contributed by atoms with E-state index in [1.54, 1.807) is 24.2 Å². The smallest absolute Gasteiger partial charge is 0.130 e. The molecule has 0 amide bonds. The van der Waals surface area contributed by atoms with Gasteiger partial charge in [0.1, 0.15) is 12.4 Å². The van der Waals surface area contributed by atoms with Gasteiger partial charge in [-0.1, -0.05) is 18.2 Å². The Balaban J connectivity index is 1.34. The van der Waals surface area contributed by atoms with Gasteiger partial charge in [-0.05, 0) is 60.4 Å². The summed E-state index contributed by atoms with van der Waals surface area (Å²) in [5.41, 5.74) is 5.95. The molecule has 0 aliphatic carbocycles. The Labute approximate surface area is 184 Å². The number of H-pyrrole nitrogens is 1. The third-order valence-electron chi connectivity index (χ3n) is 5.10. The van der Waals surface area contributed by atoms with Crippen LogP contribution in [-0.2, 0) is 6.61 Å². The average molecular weight is 425 g/mol. The third-order valence-corrected chi connectivity index (χ3v) is 5.87. The fourth-order valence-corrected chi connectivity index (χ4v) is 4.21. The molecule has 0 spiro atoms. The number of nitrogens with one attached hydrogen (secondary N) is 1. The molecule has 0 unspecified atom stereocenters. The molecule has 0 aliphatic rings. The molecule has 0 saturated heterocycles. The van der Waals surface area contributed by atoms with Crippen molar-refractivity contribution in [3.05, 3.63) is 91.0 Å². The first-order valence-corrected chi connectivity index (χ1v) is 11.1. The largest absolute Gasteiger partial charge is 0.487 e. The number of para-hydroxylation sites is 1. The van der Waals surface area contributed by atoms with Crippen molar-refractivity contribution in [2.24, 2.45) is 0 Å². The lowest BCUT2D eigenvalue weighted by Gasteiger charge is -2.10. The number of aromatic nitrogens is 4. The summed E-state index contributed by atoms with van der Waals surface area (Å²) in [5, 5.41) is 8.58. The van der Waals surface area contributed by atoms with Crippen LogP contribution in [-0.4, -0.2) is 26.4 Å². The SMILES string of the molecule is CSc1cc(COc2ccc(-c3n[nH]cc3-c3ccncc3)cc2)nc2ccccc12. The van der Waals surface area contributed by atoms with Crippen LogP contribution in [0.4, 0.5) is 0 Å². The number of hydrogen-bond donors (Lipinski definition) is 1. The standard InChI is InChI=1S/C25H20N4OS/c1-31-24-14-19(28-23-5-3-2-4-21(23)24)16-30-20-8-6-18(7-9-20)25-22(15-27-29-25)17-10-12-26-13-11-17/h2-15H,16H2,1H3,(H,27,29). The predicted octanol–water partition coefficient (Wildman–Crippen LogP) is 5.99. The minimum absolute atomic E-state index is 0.419. The normalized spacial score (nSPS) is 11.0. The number of pyridine rings is 2. The van der Waals surface area contributed by atoms with E-state index >= 15 is 0 Å². The molecule has 152 valence electrons. The molecule has 5 nitrogen and oxygen atoms in total. The first-order valence-electron chi connectivity index (χ1n) is 9.92. The predicted molar refractivity (Wildman–Crippen MR) is 125 cm³/mol. The number of rotatable bonds is 6. The second-order valence-electron chi connectivity index (χ2n) is 7.03. The van der Waals surface area contributed by atoms with E-state index in [-0.39, 0.29) is 0 Å². The van der Waals surface area contributed by atoms with Crippen molar-refractivity contribution in [2.75, 3.05) is 6.26 Å². The van der Waals surface area contributed by atoms with Crippen LogP contribution in [0, 0.1) is 0 Å². The topological polar surface area (TPSA) is 63.7 Å². The van der Waals surface area contributed by atoms with E-state index < -0.39 is 0 Å². The molecule has 5 aromatic rings. The van der Waals surface area contributed by atoms with E-state index in [0.717, 1.165) is 39.3 Å². The van der Waals surface area contributed by atoms with Crippen LogP contribution >= 0.6 is 11.8 Å². The van der Waals surface area contributed by atoms with Crippen molar-refractivity contribution >= 4 is 22.7 Å². The highest BCUT2D eigenvalue weighted by molar-refractivity contribution is 7.98. The average Bonchev–Trinajstić information content (AvgIpc) is 3.33. The number of thioether (sulfide) groups is 1. The molecular formula is C25H20N4OS. The van der Waals surface area contributed by atoms with Gasteiger partial charge in [0.15, 0.2) is 0 Å². The lowest BCUT2D eigenvalue weighted by atomic mass is 10.0. The quantitative estimate of drug-likeness (QED) is 0.339. The second-order valence-corrected chi connectivity index (χ2v) is 7.88. The summed E-state index contributed by atoms with van der Waals surface area (Å²) in [7, 11) is 0. The molecule has 5 rings (SSSR count). The molecule has 0 saturated carbocycles. The molecule has 3 aromatic heterocycles. The van der Waals surface area contributed by atoms with E-state index in [2.05, 4.69) is 33.6 Å². The van der Waals surface area contributed by atoms with Gasteiger partial charge in [0, 0.05) is 40.0 Å². The molecule has 2 aromatic carbocycles. The van der Waals surface area contributed by atoms with E-state index in [1.165, 1.54) is 10.3 Å². The molecule has 31 heavy (non-hydrogen) atoms. The Morgan fingerprint density at radius 2 is 1.74 bits per heavy atom. The Hall–Kier alpha value is -3.64. The maximum absolute atomic E-state index is 6.02. The zero-order valence-electron chi connectivity index (χ0n) is 16.9. The van der Waals surface area contributed by atoms with E-state index in [9.17, 15) is 0 Å². The Bertz CT molecular complexity index is 1320. The Morgan fingerprint density at radius 1 is 0.935 bits per heavy atom. The number of hydrogen-bond acceptors (Lipinski definition) is 5. The maximum atomic E-state index is 6.02. The third kappa shape index (κ3) is 4.02. The van der Waals surface area contributed by atoms with Crippen LogP contribution in [0.3, 0.4) is 0 Å². The van der Waals surface area contributed by atoms with Crippen molar-refractivity contribution in [3.8, 4) is 28.1 Å². The highest BCUT2D eigenvalue weighted by atomic mass is 32.2. The second kappa shape index (κ2) is 8.62. The lowest BCUT2D eigenvalue weighted by Crippen LogP contribution is -1.99. The fourth-order valence-electron chi connectivity index (χ4n) is 3.57. The highest BCUT2D eigenvalue weighted by Gasteiger charge is 2.11. The van der Waals surface area contributed by atoms with E-state index in [4.69, 9.17) is 9.72 Å². The van der Waals surface area contributed by atoms with Crippen molar-refractivity contribution < 1.29 is 4.74 Å². The molecule has 0 fully saturated rings. The summed E-state index contributed by atoms with van der Waals surface area (Å²) in [6, 6.07) is 22.2. The minimum atomic E-state index is 0.419. The van der Waals surface area contributed by atoms with Crippen LogP contribution in [0.15, 0.2) is 90.2 Å². The van der Waals surface area contributed by atoms with Crippen molar-refractivity contribution in [1.29, 1.82) is 0 Å². The van der Waals surface area contributed by atoms with Crippen LogP contribution in [0.2, 0.25) is 0 Å². The van der Waals surface area contributed by atoms with Gasteiger partial charge in [0.2, 0.25) is 0 Å². The number of fused-ring (bicyclic) bond motifs is 1. The first-order chi connectivity index (χ1) is 15.3. The maximum Gasteiger partial charge on any atom is 0.130 e. The summed E-state index contributed by atoms with van der Waals surface area (Å²) < 4.78 is 6.02. The number of aromatic amines is 1. The number of nitrogens with zero attached hydrogens (tertiary/aromatic N) is 3. The van der Waals surface area contributed by atoms with Crippen LogP contribution in [0.25, 0.3) is 33.3 Å². The van der Waals surface area contributed by atoms with Gasteiger partial charge in [-0.3, -0.25) is 10.1 Å². The van der Waals surface area contributed by atoms with Gasteiger partial charge < -0.3 is 4.74 Å². The molecule has 0 bridgehead atoms. The van der Waals surface area contributed by atoms with Gasteiger partial charge in [-0.15, -0.1) is 11.8 Å². The molecule has 6 heteroatoms. The summed E-state index contributed by atoms with van der Waals surface area (Å²) >= 11 is 1.72. The van der Waals surface area contributed by atoms with Gasteiger partial charge >= 0.3 is 0 Å². The number of ether oxygens (including phenoxy) is 1. The van der Waals surface area contributed by atoms with Crippen LogP contribution < -0.4 is 4.74 Å². The van der Waals surface area contributed by atoms with Crippen LogP contribution in [0.1, 0.15) is 5.69 Å². The zero-order valence-corrected chi connectivity index (χ0v) is 17.8. The summed E-state index contributed by atoms with van der Waals surface area (Å²) in [6.07, 6.45) is 7.56. The van der Waals surface area contributed by atoms with E-state index in [0.29, 0.717) is 6.61 Å². The lowest BCUT2D eigenvalue weighted by molar-refractivity contribution is 0.301. The molecule has 0 atom stereocenters. The summed E-state index contributed by atoms with van der Waals surface area (Å²) in [5.74, 6) is 0.797. The monoisotopic (exact) mass is 424 g/mol. The molecule has 1 N–H and O–H groups in total. The van der Waals surface area contributed by atoms with Gasteiger partial charge in [0.25, 0.3) is 0 Å². The van der Waals surface area contributed by atoms with E-state index in [1.807, 2.05) is 60.8 Å². The van der Waals surface area contributed by atoms with Gasteiger partial charge in [-0.25, -0.2) is 4.98 Å². The van der Waals surface area contributed by atoms with Crippen molar-refractivity contribution in [1.82, 2.24) is 20.2 Å². The summed E-state index contributed by atoms with van der Waals surface area (Å²) in [4.78, 5) is 10.0. The summed E-state index contributed by atoms with van der Waals surface area (Å²) in [6.45, 7) is 0.419. The van der Waals surface area contributed by atoms with Crippen molar-refractivity contribution in [2.45, 2.75) is 11.5 Å². The van der Waals surface area contributed by atoms with Crippen molar-refractivity contribution in [3.63, 3.8) is 0 Å². The van der Waals surface area contributed by atoms with Gasteiger partial charge in [0.05, 0.1) is 16.9 Å². The number of benzene rings is 2.